The third kappa shape index (κ3) is 6.13. The molecular formula is C30H32FN3O2. The summed E-state index contributed by atoms with van der Waals surface area (Å²) in [6, 6.07) is 24.8. The van der Waals surface area contributed by atoms with Gasteiger partial charge in [0.1, 0.15) is 11.6 Å². The molecule has 1 fully saturated rings. The molecule has 4 aromatic rings. The van der Waals surface area contributed by atoms with E-state index in [9.17, 15) is 9.18 Å². The lowest BCUT2D eigenvalue weighted by atomic mass is 9.88. The molecule has 2 N–H and O–H groups in total. The Morgan fingerprint density at radius 2 is 1.86 bits per heavy atom. The second-order valence-electron chi connectivity index (χ2n) is 9.65. The summed E-state index contributed by atoms with van der Waals surface area (Å²) in [4.78, 5) is 18.9. The number of amides is 1. The Kier molecular flexibility index (Phi) is 7.62. The average molecular weight is 486 g/mol. The number of rotatable bonds is 9. The Morgan fingerprint density at radius 3 is 2.72 bits per heavy atom. The first kappa shape index (κ1) is 24.1. The summed E-state index contributed by atoms with van der Waals surface area (Å²) in [5, 5.41) is 4.37. The molecule has 0 spiro atoms. The number of ether oxygens (including phenoxy) is 1. The Morgan fingerprint density at radius 1 is 1.03 bits per heavy atom. The van der Waals surface area contributed by atoms with Gasteiger partial charge >= 0.3 is 0 Å². The van der Waals surface area contributed by atoms with Gasteiger partial charge in [0.2, 0.25) is 5.91 Å². The van der Waals surface area contributed by atoms with Gasteiger partial charge in [-0.3, -0.25) is 9.69 Å². The quantitative estimate of drug-likeness (QED) is 0.343. The summed E-state index contributed by atoms with van der Waals surface area (Å²) in [5.41, 5.74) is 3.55. The Labute approximate surface area is 211 Å². The number of likely N-dealkylation sites (tertiary alicyclic amines) is 1. The topological polar surface area (TPSA) is 57.4 Å². The van der Waals surface area contributed by atoms with Crippen molar-refractivity contribution in [2.75, 3.05) is 26.2 Å². The number of hydrogen-bond acceptors (Lipinski definition) is 3. The number of carbonyl (C=O) groups is 1. The standard InChI is InChI=1S/C30H32FN3O2/c31-26-9-6-10-27(16-26)36-21-23-15-25(20-34(19-23)18-22-7-2-1-3-8-22)30(35)32-14-13-24-17-33-29-12-5-4-11-28(24)29/h1-12,16-17,23,25,33H,13-15,18-21H2,(H,32,35)/t23-,25+/m0/s1. The predicted molar refractivity (Wildman–Crippen MR) is 140 cm³/mol. The van der Waals surface area contributed by atoms with Gasteiger partial charge in [-0.1, -0.05) is 54.6 Å². The van der Waals surface area contributed by atoms with E-state index >= 15 is 0 Å². The van der Waals surface area contributed by atoms with Crippen LogP contribution in [0.1, 0.15) is 17.5 Å². The fourth-order valence-electron chi connectivity index (χ4n) is 5.16. The molecule has 0 saturated carbocycles. The zero-order valence-electron chi connectivity index (χ0n) is 20.3. The zero-order valence-corrected chi connectivity index (χ0v) is 20.3. The first-order valence-corrected chi connectivity index (χ1v) is 12.6. The molecule has 1 aromatic heterocycles. The van der Waals surface area contributed by atoms with E-state index in [-0.39, 0.29) is 23.6 Å². The van der Waals surface area contributed by atoms with E-state index in [1.165, 1.54) is 28.6 Å². The van der Waals surface area contributed by atoms with Crippen LogP contribution in [0.3, 0.4) is 0 Å². The van der Waals surface area contributed by atoms with Crippen molar-refractivity contribution in [3.8, 4) is 5.75 Å². The SMILES string of the molecule is O=C(NCCc1c[nH]c2ccccc12)[C@@H]1C[C@H](COc2cccc(F)c2)CN(Cc2ccccc2)C1. The van der Waals surface area contributed by atoms with Gasteiger partial charge in [-0.05, 0) is 42.2 Å². The fraction of sp³-hybridized carbons (Fsp3) is 0.300. The molecule has 0 bridgehead atoms. The van der Waals surface area contributed by atoms with Gasteiger partial charge < -0.3 is 15.0 Å². The number of fused-ring (bicyclic) bond motifs is 1. The van der Waals surface area contributed by atoms with Gasteiger partial charge in [-0.15, -0.1) is 0 Å². The lowest BCUT2D eigenvalue weighted by molar-refractivity contribution is -0.127. The van der Waals surface area contributed by atoms with E-state index in [2.05, 4.69) is 39.5 Å². The molecular weight excluding hydrogens is 453 g/mol. The number of piperidine rings is 1. The van der Waals surface area contributed by atoms with Crippen LogP contribution < -0.4 is 10.1 Å². The highest BCUT2D eigenvalue weighted by atomic mass is 19.1. The number of aromatic nitrogens is 1. The van der Waals surface area contributed by atoms with Crippen LogP contribution in [0.4, 0.5) is 4.39 Å². The third-order valence-corrected chi connectivity index (χ3v) is 6.88. The van der Waals surface area contributed by atoms with E-state index in [1.54, 1.807) is 12.1 Å². The Balaban J connectivity index is 1.21. The number of carbonyl (C=O) groups excluding carboxylic acids is 1. The smallest absolute Gasteiger partial charge is 0.224 e. The third-order valence-electron chi connectivity index (χ3n) is 6.88. The zero-order chi connectivity index (χ0) is 24.7. The van der Waals surface area contributed by atoms with Crippen molar-refractivity contribution < 1.29 is 13.9 Å². The molecule has 5 rings (SSSR count). The second-order valence-corrected chi connectivity index (χ2v) is 9.65. The molecule has 0 unspecified atom stereocenters. The first-order chi connectivity index (χ1) is 17.6. The van der Waals surface area contributed by atoms with Crippen LogP contribution in [0.25, 0.3) is 10.9 Å². The summed E-state index contributed by atoms with van der Waals surface area (Å²) in [5.74, 6) is 0.356. The lowest BCUT2D eigenvalue weighted by Crippen LogP contribution is -2.47. The predicted octanol–water partition coefficient (Wildman–Crippen LogP) is 5.18. The molecule has 5 nitrogen and oxygen atoms in total. The monoisotopic (exact) mass is 485 g/mol. The van der Waals surface area contributed by atoms with Gasteiger partial charge in [-0.2, -0.15) is 0 Å². The van der Waals surface area contributed by atoms with Crippen LogP contribution in [-0.4, -0.2) is 42.0 Å². The number of hydrogen-bond donors (Lipinski definition) is 2. The Hall–Kier alpha value is -3.64. The second kappa shape index (κ2) is 11.4. The molecule has 1 saturated heterocycles. The van der Waals surface area contributed by atoms with E-state index in [4.69, 9.17) is 4.74 Å². The van der Waals surface area contributed by atoms with Crippen molar-refractivity contribution >= 4 is 16.8 Å². The largest absolute Gasteiger partial charge is 0.493 e. The van der Waals surface area contributed by atoms with Crippen LogP contribution in [0.15, 0.2) is 85.1 Å². The average Bonchev–Trinajstić information content (AvgIpc) is 3.31. The van der Waals surface area contributed by atoms with Crippen molar-refractivity contribution in [2.45, 2.75) is 19.4 Å². The maximum absolute atomic E-state index is 13.6. The van der Waals surface area contributed by atoms with Gasteiger partial charge in [0.05, 0.1) is 12.5 Å². The molecule has 3 aromatic carbocycles. The van der Waals surface area contributed by atoms with Crippen LogP contribution in [0.5, 0.6) is 5.75 Å². The number of para-hydroxylation sites is 1. The first-order valence-electron chi connectivity index (χ1n) is 12.6. The van der Waals surface area contributed by atoms with Crippen molar-refractivity contribution in [3.05, 3.63) is 102 Å². The van der Waals surface area contributed by atoms with Crippen LogP contribution >= 0.6 is 0 Å². The number of H-pyrrole nitrogens is 1. The highest BCUT2D eigenvalue weighted by Gasteiger charge is 2.32. The maximum Gasteiger partial charge on any atom is 0.224 e. The number of aromatic amines is 1. The van der Waals surface area contributed by atoms with Crippen LogP contribution in [0, 0.1) is 17.7 Å². The highest BCUT2D eigenvalue weighted by Crippen LogP contribution is 2.25. The molecule has 2 heterocycles. The van der Waals surface area contributed by atoms with E-state index in [0.29, 0.717) is 25.4 Å². The normalized spacial score (nSPS) is 18.2. The molecule has 0 aliphatic carbocycles. The summed E-state index contributed by atoms with van der Waals surface area (Å²) in [6.07, 6.45) is 3.56. The van der Waals surface area contributed by atoms with Gasteiger partial charge in [0.15, 0.2) is 0 Å². The molecule has 186 valence electrons. The van der Waals surface area contributed by atoms with E-state index in [0.717, 1.165) is 31.4 Å². The summed E-state index contributed by atoms with van der Waals surface area (Å²) >= 11 is 0. The number of halogens is 1. The number of nitrogens with zero attached hydrogens (tertiary/aromatic N) is 1. The minimum absolute atomic E-state index is 0.0864. The minimum Gasteiger partial charge on any atom is -0.493 e. The molecule has 36 heavy (non-hydrogen) atoms. The fourth-order valence-corrected chi connectivity index (χ4v) is 5.16. The van der Waals surface area contributed by atoms with Crippen molar-refractivity contribution in [1.29, 1.82) is 0 Å². The maximum atomic E-state index is 13.6. The highest BCUT2D eigenvalue weighted by molar-refractivity contribution is 5.83. The minimum atomic E-state index is -0.311. The van der Waals surface area contributed by atoms with Crippen molar-refractivity contribution in [2.24, 2.45) is 11.8 Å². The molecule has 1 aliphatic heterocycles. The lowest BCUT2D eigenvalue weighted by Gasteiger charge is -2.37. The number of nitrogens with one attached hydrogen (secondary N) is 2. The molecule has 0 radical (unpaired) electrons. The summed E-state index contributed by atoms with van der Waals surface area (Å²) in [7, 11) is 0. The molecule has 1 aliphatic rings. The van der Waals surface area contributed by atoms with Crippen LogP contribution in [-0.2, 0) is 17.8 Å². The van der Waals surface area contributed by atoms with E-state index < -0.39 is 0 Å². The van der Waals surface area contributed by atoms with Gasteiger partial charge in [-0.25, -0.2) is 4.39 Å². The summed E-state index contributed by atoms with van der Waals surface area (Å²) < 4.78 is 19.5. The molecule has 6 heteroatoms. The van der Waals surface area contributed by atoms with Crippen molar-refractivity contribution in [3.63, 3.8) is 0 Å². The van der Waals surface area contributed by atoms with Crippen molar-refractivity contribution in [1.82, 2.24) is 15.2 Å². The number of benzene rings is 3. The van der Waals surface area contributed by atoms with Gasteiger partial charge in [0, 0.05) is 55.3 Å². The van der Waals surface area contributed by atoms with Crippen LogP contribution in [0.2, 0.25) is 0 Å². The molecule has 1 amide bonds. The summed E-state index contributed by atoms with van der Waals surface area (Å²) in [6.45, 7) is 3.39. The Bertz CT molecular complexity index is 1290. The van der Waals surface area contributed by atoms with E-state index in [1.807, 2.05) is 36.5 Å². The van der Waals surface area contributed by atoms with Gasteiger partial charge in [0.25, 0.3) is 0 Å². The molecule has 2 atom stereocenters.